The Bertz CT molecular complexity index is 2160. The molecule has 270 valence electrons. The predicted octanol–water partition coefficient (Wildman–Crippen LogP) is 9.74. The van der Waals surface area contributed by atoms with Gasteiger partial charge >= 0.3 is 11.9 Å². The topological polar surface area (TPSA) is 168 Å². The summed E-state index contributed by atoms with van der Waals surface area (Å²) in [5, 5.41) is 36.0. The highest BCUT2D eigenvalue weighted by Gasteiger charge is 2.14. The van der Waals surface area contributed by atoms with Crippen molar-refractivity contribution in [1.82, 2.24) is 0 Å². The number of non-ortho nitro benzene ring substituents is 1. The number of halogens is 1. The number of carboxylic acids is 2. The van der Waals surface area contributed by atoms with Crippen molar-refractivity contribution in [3.63, 3.8) is 0 Å². The van der Waals surface area contributed by atoms with E-state index < -0.39 is 16.9 Å². The summed E-state index contributed by atoms with van der Waals surface area (Å²) >= 11 is 0. The number of aromatic carboxylic acids is 2. The van der Waals surface area contributed by atoms with E-state index in [1.165, 1.54) is 23.3 Å². The fourth-order valence-corrected chi connectivity index (χ4v) is 5.57. The molecule has 0 aromatic heterocycles. The molecule has 0 fully saturated rings. The SMILES string of the molecule is Cl.Nc1cccc(Nc2cc(CCc3ccccc3)ccc2C(=O)O)c1.O=C(O)c1ccc(CCc2ccccc2)cc1Nc1cccc([N+](=O)[O-])c1. The first-order valence-electron chi connectivity index (χ1n) is 16.6. The Kier molecular flexibility index (Phi) is 14.1. The van der Waals surface area contributed by atoms with Crippen LogP contribution in [-0.2, 0) is 25.7 Å². The molecule has 6 aromatic carbocycles. The number of benzene rings is 6. The van der Waals surface area contributed by atoms with Crippen molar-refractivity contribution in [3.8, 4) is 0 Å². The summed E-state index contributed by atoms with van der Waals surface area (Å²) in [7, 11) is 0. The zero-order chi connectivity index (χ0) is 36.9. The molecule has 53 heavy (non-hydrogen) atoms. The minimum Gasteiger partial charge on any atom is -0.478 e. The number of nitro groups is 1. The molecule has 0 spiro atoms. The normalized spacial score (nSPS) is 10.2. The third-order valence-electron chi connectivity index (χ3n) is 8.22. The molecule has 0 radical (unpaired) electrons. The number of hydrogen-bond donors (Lipinski definition) is 5. The summed E-state index contributed by atoms with van der Waals surface area (Å²) < 4.78 is 0. The highest BCUT2D eigenvalue weighted by atomic mass is 35.5. The van der Waals surface area contributed by atoms with E-state index in [2.05, 4.69) is 22.8 Å². The quantitative estimate of drug-likeness (QED) is 0.0441. The lowest BCUT2D eigenvalue weighted by molar-refractivity contribution is -0.384. The van der Waals surface area contributed by atoms with Gasteiger partial charge in [0.15, 0.2) is 0 Å². The second kappa shape index (κ2) is 19.1. The molecule has 0 saturated carbocycles. The number of nitrogens with one attached hydrogen (secondary N) is 2. The lowest BCUT2D eigenvalue weighted by atomic mass is 10.0. The summed E-state index contributed by atoms with van der Waals surface area (Å²) in [6.45, 7) is 0. The lowest BCUT2D eigenvalue weighted by Gasteiger charge is -2.12. The predicted molar refractivity (Wildman–Crippen MR) is 212 cm³/mol. The van der Waals surface area contributed by atoms with Gasteiger partial charge in [0.25, 0.3) is 5.69 Å². The number of nitro benzene ring substituents is 1. The first-order chi connectivity index (χ1) is 25.1. The first kappa shape index (κ1) is 39.1. The largest absolute Gasteiger partial charge is 0.478 e. The molecule has 0 amide bonds. The van der Waals surface area contributed by atoms with Crippen molar-refractivity contribution in [2.24, 2.45) is 0 Å². The summed E-state index contributed by atoms with van der Waals surface area (Å²) in [5.74, 6) is -2.02. The molecule has 6 N–H and O–H groups in total. The number of anilines is 5. The van der Waals surface area contributed by atoms with Crippen LogP contribution in [0.25, 0.3) is 0 Å². The van der Waals surface area contributed by atoms with E-state index in [1.54, 1.807) is 48.5 Å². The molecule has 6 rings (SSSR count). The minimum atomic E-state index is -1.06. The standard InChI is InChI=1S/C21H18N2O4.C21H20N2O2.ClH/c24-21(25)19-12-11-16(10-9-15-5-2-1-3-6-15)13-20(19)22-17-7-4-8-18(14-17)23(26)27;22-17-7-4-8-18(14-17)23-20-13-16(11-12-19(20)21(24)25)10-9-15-5-2-1-3-6-15;/h1-8,11-14,22H,9-10H2,(H,24,25);1-8,11-14,23H,9-10,22H2,(H,24,25);1H. The molecule has 0 heterocycles. The van der Waals surface area contributed by atoms with Crippen molar-refractivity contribution in [2.75, 3.05) is 16.4 Å². The molecular weight excluding hydrogens is 692 g/mol. The maximum Gasteiger partial charge on any atom is 0.337 e. The number of carboxylic acid groups (broad SMARTS) is 2. The van der Waals surface area contributed by atoms with E-state index in [9.17, 15) is 29.9 Å². The molecule has 0 aliphatic rings. The maximum atomic E-state index is 11.5. The van der Waals surface area contributed by atoms with Crippen LogP contribution in [0.5, 0.6) is 0 Å². The molecular formula is C42H39ClN4O6. The van der Waals surface area contributed by atoms with Crippen LogP contribution in [0.3, 0.4) is 0 Å². The van der Waals surface area contributed by atoms with Gasteiger partial charge in [0.05, 0.1) is 27.4 Å². The second-order valence-electron chi connectivity index (χ2n) is 12.0. The smallest absolute Gasteiger partial charge is 0.337 e. The molecule has 0 aliphatic heterocycles. The number of carbonyl (C=O) groups is 2. The van der Waals surface area contributed by atoms with Crippen LogP contribution in [0, 0.1) is 10.1 Å². The monoisotopic (exact) mass is 730 g/mol. The summed E-state index contributed by atoms with van der Waals surface area (Å²) in [6, 6.07) is 44.1. The maximum absolute atomic E-state index is 11.5. The summed E-state index contributed by atoms with van der Waals surface area (Å²) in [5.41, 5.74) is 13.5. The number of nitrogen functional groups attached to an aromatic ring is 1. The average Bonchev–Trinajstić information content (AvgIpc) is 3.14. The van der Waals surface area contributed by atoms with Gasteiger partial charge in [-0.15, -0.1) is 12.4 Å². The first-order valence-corrected chi connectivity index (χ1v) is 16.6. The summed E-state index contributed by atoms with van der Waals surface area (Å²) in [6.07, 6.45) is 3.34. The number of nitrogens with two attached hydrogens (primary N) is 1. The molecule has 0 unspecified atom stereocenters. The van der Waals surface area contributed by atoms with Gasteiger partial charge in [-0.2, -0.15) is 0 Å². The van der Waals surface area contributed by atoms with Crippen LogP contribution in [0.1, 0.15) is 43.0 Å². The van der Waals surface area contributed by atoms with E-state index in [1.807, 2.05) is 72.8 Å². The Hall–Kier alpha value is -6.65. The molecule has 11 heteroatoms. The number of aryl methyl sites for hydroxylation is 4. The van der Waals surface area contributed by atoms with Crippen LogP contribution >= 0.6 is 12.4 Å². The number of hydrogen-bond acceptors (Lipinski definition) is 7. The zero-order valence-electron chi connectivity index (χ0n) is 28.6. The Morgan fingerprint density at radius 2 is 0.981 bits per heavy atom. The Labute approximate surface area is 313 Å². The van der Waals surface area contributed by atoms with Crippen molar-refractivity contribution >= 4 is 58.5 Å². The third-order valence-corrected chi connectivity index (χ3v) is 8.22. The van der Waals surface area contributed by atoms with Gasteiger partial charge in [0.1, 0.15) is 0 Å². The molecule has 0 aliphatic carbocycles. The van der Waals surface area contributed by atoms with E-state index in [0.717, 1.165) is 42.5 Å². The van der Waals surface area contributed by atoms with E-state index in [0.29, 0.717) is 22.7 Å². The molecule has 10 nitrogen and oxygen atoms in total. The van der Waals surface area contributed by atoms with Gasteiger partial charge in [0, 0.05) is 29.2 Å². The van der Waals surface area contributed by atoms with E-state index >= 15 is 0 Å². The van der Waals surface area contributed by atoms with Gasteiger partial charge in [-0.05, 0) is 96.5 Å². The van der Waals surface area contributed by atoms with Gasteiger partial charge in [-0.3, -0.25) is 10.1 Å². The molecule has 0 saturated heterocycles. The fraction of sp³-hybridized carbons (Fsp3) is 0.0952. The van der Waals surface area contributed by atoms with Gasteiger partial charge in [0.2, 0.25) is 0 Å². The number of nitrogens with zero attached hydrogens (tertiary/aromatic N) is 1. The van der Waals surface area contributed by atoms with Crippen LogP contribution in [0.2, 0.25) is 0 Å². The Balaban J connectivity index is 0.000000233. The lowest BCUT2D eigenvalue weighted by Crippen LogP contribution is -2.04. The third kappa shape index (κ3) is 11.7. The van der Waals surface area contributed by atoms with Gasteiger partial charge in [-0.25, -0.2) is 9.59 Å². The van der Waals surface area contributed by atoms with Gasteiger partial charge < -0.3 is 26.6 Å². The van der Waals surface area contributed by atoms with Crippen LogP contribution < -0.4 is 16.4 Å². The van der Waals surface area contributed by atoms with Crippen molar-refractivity contribution in [2.45, 2.75) is 25.7 Å². The highest BCUT2D eigenvalue weighted by Crippen LogP contribution is 2.27. The Morgan fingerprint density at radius 1 is 0.547 bits per heavy atom. The van der Waals surface area contributed by atoms with Crippen molar-refractivity contribution in [3.05, 3.63) is 189 Å². The molecule has 0 bridgehead atoms. The highest BCUT2D eigenvalue weighted by molar-refractivity contribution is 5.96. The second-order valence-corrected chi connectivity index (χ2v) is 12.0. The van der Waals surface area contributed by atoms with Crippen LogP contribution in [0.4, 0.5) is 34.1 Å². The minimum absolute atomic E-state index is 0. The molecule has 6 aromatic rings. The van der Waals surface area contributed by atoms with Crippen molar-refractivity contribution in [1.29, 1.82) is 0 Å². The zero-order valence-corrected chi connectivity index (χ0v) is 29.5. The Morgan fingerprint density at radius 3 is 1.42 bits per heavy atom. The van der Waals surface area contributed by atoms with Crippen LogP contribution in [0.15, 0.2) is 146 Å². The fourth-order valence-electron chi connectivity index (χ4n) is 5.57. The van der Waals surface area contributed by atoms with Crippen molar-refractivity contribution < 1.29 is 24.7 Å². The molecule has 0 atom stereocenters. The average molecular weight is 731 g/mol. The van der Waals surface area contributed by atoms with E-state index in [-0.39, 0.29) is 29.2 Å². The van der Waals surface area contributed by atoms with Gasteiger partial charge in [-0.1, -0.05) is 84.9 Å². The van der Waals surface area contributed by atoms with E-state index in [4.69, 9.17) is 5.73 Å². The number of rotatable bonds is 13. The van der Waals surface area contributed by atoms with Crippen LogP contribution in [-0.4, -0.2) is 27.1 Å². The summed E-state index contributed by atoms with van der Waals surface area (Å²) in [4.78, 5) is 33.5.